The maximum Gasteiger partial charge on any atom is 0.416 e. The number of aryl methyl sites for hydroxylation is 1. The van der Waals surface area contributed by atoms with Gasteiger partial charge in [-0.25, -0.2) is 4.79 Å². The van der Waals surface area contributed by atoms with Crippen molar-refractivity contribution in [3.05, 3.63) is 106 Å². The highest BCUT2D eigenvalue weighted by Crippen LogP contribution is 2.44. The van der Waals surface area contributed by atoms with E-state index in [2.05, 4.69) is 11.6 Å². The van der Waals surface area contributed by atoms with E-state index in [1.807, 2.05) is 25.1 Å². The number of hydrogen-bond acceptors (Lipinski definition) is 3. The van der Waals surface area contributed by atoms with Gasteiger partial charge in [0.15, 0.2) is 7.28 Å². The first-order valence-corrected chi connectivity index (χ1v) is 11.5. The molecule has 0 aliphatic carbocycles. The van der Waals surface area contributed by atoms with Gasteiger partial charge in [0.25, 0.3) is 0 Å². The molecule has 1 aliphatic heterocycles. The quantitative estimate of drug-likeness (QED) is 0.318. The summed E-state index contributed by atoms with van der Waals surface area (Å²) in [6, 6.07) is 14.1. The Balaban J connectivity index is 1.81. The van der Waals surface area contributed by atoms with Crippen LogP contribution in [0.1, 0.15) is 56.5 Å². The molecule has 4 nitrogen and oxygen atoms in total. The molecule has 1 radical (unpaired) electrons. The zero-order chi connectivity index (χ0) is 26.9. The van der Waals surface area contributed by atoms with Crippen LogP contribution in [0, 0.1) is 6.92 Å². The molecule has 1 atom stereocenters. The number of nitrogens with zero attached hydrogens (tertiary/aromatic N) is 1. The van der Waals surface area contributed by atoms with E-state index in [1.54, 1.807) is 51.7 Å². The molecule has 1 N–H and O–H groups in total. The number of benzene rings is 3. The van der Waals surface area contributed by atoms with Gasteiger partial charge in [0, 0.05) is 24.4 Å². The van der Waals surface area contributed by atoms with Gasteiger partial charge < -0.3 is 9.84 Å². The SMILES string of the molecule is C=C1C=C(c2ccc(C)c(C=NC)c2)Oc2c1cc(C(F)(F)F)cc2C(C)[B]c1ccccc1C(=O)O. The van der Waals surface area contributed by atoms with Gasteiger partial charge in [-0.3, -0.25) is 4.99 Å². The summed E-state index contributed by atoms with van der Waals surface area (Å²) in [4.78, 5) is 15.8. The van der Waals surface area contributed by atoms with Gasteiger partial charge in [-0.05, 0) is 65.3 Å². The summed E-state index contributed by atoms with van der Waals surface area (Å²) in [6.45, 7) is 7.68. The molecule has 187 valence electrons. The van der Waals surface area contributed by atoms with Crippen LogP contribution in [-0.4, -0.2) is 31.6 Å². The molecule has 3 aromatic rings. The van der Waals surface area contributed by atoms with Crippen molar-refractivity contribution in [2.45, 2.75) is 25.8 Å². The summed E-state index contributed by atoms with van der Waals surface area (Å²) < 4.78 is 47.8. The van der Waals surface area contributed by atoms with E-state index in [9.17, 15) is 23.1 Å². The number of alkyl halides is 3. The minimum Gasteiger partial charge on any atom is -0.478 e. The normalized spacial score (nSPS) is 14.1. The molecule has 0 saturated carbocycles. The van der Waals surface area contributed by atoms with E-state index in [-0.39, 0.29) is 22.4 Å². The number of fused-ring (bicyclic) bond motifs is 1. The first kappa shape index (κ1) is 26.0. The third-order valence-corrected chi connectivity index (χ3v) is 6.25. The number of ether oxygens (including phenoxy) is 1. The van der Waals surface area contributed by atoms with Crippen LogP contribution in [0.3, 0.4) is 0 Å². The molecular formula is C29H24BF3NO3. The maximum atomic E-state index is 13.8. The molecule has 1 heterocycles. The fourth-order valence-electron chi connectivity index (χ4n) is 4.29. The second-order valence-corrected chi connectivity index (χ2v) is 8.88. The van der Waals surface area contributed by atoms with E-state index in [4.69, 9.17) is 4.74 Å². The molecular weight excluding hydrogens is 478 g/mol. The number of allylic oxidation sites excluding steroid dienone is 2. The lowest BCUT2D eigenvalue weighted by molar-refractivity contribution is -0.137. The van der Waals surface area contributed by atoms with Gasteiger partial charge in [0.05, 0.1) is 11.1 Å². The van der Waals surface area contributed by atoms with E-state index in [0.717, 1.165) is 28.8 Å². The minimum atomic E-state index is -4.59. The molecule has 0 fully saturated rings. The second kappa shape index (κ2) is 10.1. The number of aliphatic imine (C=N–C) groups is 1. The molecule has 4 rings (SSSR count). The Hall–Kier alpha value is -4.07. The van der Waals surface area contributed by atoms with Gasteiger partial charge in [-0.1, -0.05) is 49.3 Å². The van der Waals surface area contributed by atoms with Crippen LogP contribution >= 0.6 is 0 Å². The monoisotopic (exact) mass is 502 g/mol. The van der Waals surface area contributed by atoms with E-state index in [1.165, 1.54) is 6.07 Å². The van der Waals surface area contributed by atoms with E-state index in [0.29, 0.717) is 16.8 Å². The molecule has 0 saturated heterocycles. The summed E-state index contributed by atoms with van der Waals surface area (Å²) in [5.74, 6) is -1.02. The Morgan fingerprint density at radius 1 is 1.16 bits per heavy atom. The maximum absolute atomic E-state index is 13.8. The van der Waals surface area contributed by atoms with Crippen molar-refractivity contribution in [1.29, 1.82) is 0 Å². The zero-order valence-corrected chi connectivity index (χ0v) is 20.6. The van der Waals surface area contributed by atoms with E-state index >= 15 is 0 Å². The molecule has 1 aliphatic rings. The molecule has 0 amide bonds. The molecule has 37 heavy (non-hydrogen) atoms. The molecule has 1 unspecified atom stereocenters. The average Bonchev–Trinajstić information content (AvgIpc) is 2.84. The van der Waals surface area contributed by atoms with Crippen LogP contribution in [0.2, 0.25) is 0 Å². The molecule has 0 spiro atoms. The standard InChI is InChI=1S/C29H24BF3NO3/c1-16-9-10-19(12-20(16)15-34-4)26-11-17(2)23-13-21(29(31,32)33)14-24(27(23)37-26)18(3)30-25-8-6-5-7-22(25)28(35)36/h5-15,18H,2H2,1,3-4H3,(H,35,36). The van der Waals surface area contributed by atoms with Crippen LogP contribution in [0.5, 0.6) is 5.75 Å². The highest BCUT2D eigenvalue weighted by atomic mass is 19.4. The van der Waals surface area contributed by atoms with Crippen molar-refractivity contribution in [1.82, 2.24) is 0 Å². The number of hydrogen-bond donors (Lipinski definition) is 1. The lowest BCUT2D eigenvalue weighted by atomic mass is 9.56. The third-order valence-electron chi connectivity index (χ3n) is 6.25. The average molecular weight is 502 g/mol. The van der Waals surface area contributed by atoms with Gasteiger partial charge >= 0.3 is 12.1 Å². The third kappa shape index (κ3) is 5.38. The van der Waals surface area contributed by atoms with Crippen LogP contribution in [0.4, 0.5) is 13.2 Å². The number of rotatable bonds is 6. The number of carboxylic acids is 1. The summed E-state index contributed by atoms with van der Waals surface area (Å²) >= 11 is 0. The van der Waals surface area contributed by atoms with Crippen molar-refractivity contribution in [2.75, 3.05) is 7.05 Å². The number of aromatic carboxylic acids is 1. The first-order valence-electron chi connectivity index (χ1n) is 11.5. The predicted molar refractivity (Wildman–Crippen MR) is 141 cm³/mol. The Kier molecular flexibility index (Phi) is 7.12. The van der Waals surface area contributed by atoms with Crippen molar-refractivity contribution < 1.29 is 27.8 Å². The van der Waals surface area contributed by atoms with Crippen LogP contribution in [0.15, 0.2) is 72.2 Å². The van der Waals surface area contributed by atoms with Gasteiger partial charge in [-0.15, -0.1) is 0 Å². The molecule has 0 aromatic heterocycles. The van der Waals surface area contributed by atoms with Crippen LogP contribution in [-0.2, 0) is 6.18 Å². The molecule has 0 bridgehead atoms. The van der Waals surface area contributed by atoms with Gasteiger partial charge in [-0.2, -0.15) is 13.2 Å². The molecule has 3 aromatic carbocycles. The summed E-state index contributed by atoms with van der Waals surface area (Å²) in [6.07, 6.45) is -1.24. The topological polar surface area (TPSA) is 58.9 Å². The Bertz CT molecular complexity index is 1460. The number of halogens is 3. The fraction of sp³-hybridized carbons (Fsp3) is 0.172. The Morgan fingerprint density at radius 3 is 2.57 bits per heavy atom. The Morgan fingerprint density at radius 2 is 1.89 bits per heavy atom. The van der Waals surface area contributed by atoms with Gasteiger partial charge in [0.2, 0.25) is 0 Å². The summed E-state index contributed by atoms with van der Waals surface area (Å²) in [7, 11) is 3.30. The molecule has 8 heteroatoms. The summed E-state index contributed by atoms with van der Waals surface area (Å²) in [5.41, 5.74) is 3.17. The highest BCUT2D eigenvalue weighted by Gasteiger charge is 2.35. The lowest BCUT2D eigenvalue weighted by Gasteiger charge is -2.27. The van der Waals surface area contributed by atoms with Crippen molar-refractivity contribution in [3.63, 3.8) is 0 Å². The zero-order valence-electron chi connectivity index (χ0n) is 20.6. The largest absolute Gasteiger partial charge is 0.478 e. The van der Waals surface area contributed by atoms with Gasteiger partial charge in [0.1, 0.15) is 11.5 Å². The Labute approximate surface area is 214 Å². The minimum absolute atomic E-state index is 0.0610. The van der Waals surface area contributed by atoms with Crippen molar-refractivity contribution >= 4 is 36.3 Å². The second-order valence-electron chi connectivity index (χ2n) is 8.88. The smallest absolute Gasteiger partial charge is 0.416 e. The van der Waals surface area contributed by atoms with Crippen LogP contribution < -0.4 is 10.2 Å². The first-order chi connectivity index (χ1) is 17.5. The lowest BCUT2D eigenvalue weighted by Crippen LogP contribution is -2.27. The highest BCUT2D eigenvalue weighted by molar-refractivity contribution is 6.56. The van der Waals surface area contributed by atoms with Crippen LogP contribution in [0.25, 0.3) is 11.3 Å². The van der Waals surface area contributed by atoms with Crippen molar-refractivity contribution in [3.8, 4) is 5.75 Å². The number of carboxylic acid groups (broad SMARTS) is 1. The van der Waals surface area contributed by atoms with E-state index < -0.39 is 23.5 Å². The predicted octanol–water partition coefficient (Wildman–Crippen LogP) is 6.30. The number of carbonyl (C=O) groups is 1. The van der Waals surface area contributed by atoms with Crippen molar-refractivity contribution in [2.24, 2.45) is 4.99 Å². The summed E-state index contributed by atoms with van der Waals surface area (Å²) in [5, 5.41) is 9.55. The fourth-order valence-corrected chi connectivity index (χ4v) is 4.29.